The Labute approximate surface area is 110 Å². The van der Waals surface area contributed by atoms with Crippen molar-refractivity contribution in [2.24, 2.45) is 0 Å². The highest BCUT2D eigenvalue weighted by Crippen LogP contribution is 2.30. The van der Waals surface area contributed by atoms with Crippen LogP contribution in [0.2, 0.25) is 0 Å². The highest BCUT2D eigenvalue weighted by atomic mass is 79.9. The standard InChI is InChI=1S/C11H9BrF2O4/c1-17-10(16)4-7-8(12)2-6(5-15)3-9(7)18-11(13)14/h2-3,5,11H,4H2,1H3. The summed E-state index contributed by atoms with van der Waals surface area (Å²) in [4.78, 5) is 21.8. The molecule has 0 heterocycles. The van der Waals surface area contributed by atoms with E-state index in [9.17, 15) is 18.4 Å². The second-order valence-corrected chi connectivity index (χ2v) is 4.08. The molecule has 1 aromatic rings. The zero-order valence-corrected chi connectivity index (χ0v) is 10.9. The molecule has 0 aliphatic rings. The number of carbonyl (C=O) groups is 2. The predicted molar refractivity (Wildman–Crippen MR) is 61.9 cm³/mol. The van der Waals surface area contributed by atoms with E-state index in [1.54, 1.807) is 0 Å². The van der Waals surface area contributed by atoms with Gasteiger partial charge in [0.05, 0.1) is 13.5 Å². The molecule has 0 atom stereocenters. The molecule has 1 rings (SSSR count). The number of carbonyl (C=O) groups excluding carboxylic acids is 2. The van der Waals surface area contributed by atoms with Crippen LogP contribution < -0.4 is 4.74 Å². The highest BCUT2D eigenvalue weighted by Gasteiger charge is 2.17. The Morgan fingerprint density at radius 3 is 2.67 bits per heavy atom. The smallest absolute Gasteiger partial charge is 0.387 e. The lowest BCUT2D eigenvalue weighted by Crippen LogP contribution is -2.10. The summed E-state index contributed by atoms with van der Waals surface area (Å²) >= 11 is 3.09. The van der Waals surface area contributed by atoms with Crippen LogP contribution in [-0.4, -0.2) is 26.0 Å². The minimum absolute atomic E-state index is 0.158. The molecule has 0 fully saturated rings. The van der Waals surface area contributed by atoms with Gasteiger partial charge in [-0.2, -0.15) is 8.78 Å². The van der Waals surface area contributed by atoms with Gasteiger partial charge in [0.15, 0.2) is 0 Å². The minimum atomic E-state index is -3.05. The van der Waals surface area contributed by atoms with Gasteiger partial charge < -0.3 is 9.47 Å². The molecule has 0 bridgehead atoms. The first kappa shape index (κ1) is 14.6. The van der Waals surface area contributed by atoms with E-state index < -0.39 is 12.6 Å². The fraction of sp³-hybridized carbons (Fsp3) is 0.273. The van der Waals surface area contributed by atoms with Gasteiger partial charge in [-0.1, -0.05) is 15.9 Å². The van der Waals surface area contributed by atoms with Crippen molar-refractivity contribution in [1.82, 2.24) is 0 Å². The van der Waals surface area contributed by atoms with E-state index in [4.69, 9.17) is 0 Å². The third kappa shape index (κ3) is 3.76. The van der Waals surface area contributed by atoms with Gasteiger partial charge in [0.2, 0.25) is 0 Å². The first-order chi connectivity index (χ1) is 8.47. The van der Waals surface area contributed by atoms with Crippen molar-refractivity contribution >= 4 is 28.2 Å². The summed E-state index contributed by atoms with van der Waals surface area (Å²) in [6.07, 6.45) is 0.253. The Kier molecular flexibility index (Phi) is 5.21. The molecule has 4 nitrogen and oxygen atoms in total. The number of methoxy groups -OCH3 is 1. The fourth-order valence-corrected chi connectivity index (χ4v) is 1.89. The van der Waals surface area contributed by atoms with Crippen LogP contribution in [0.5, 0.6) is 5.75 Å². The van der Waals surface area contributed by atoms with Crippen molar-refractivity contribution in [3.63, 3.8) is 0 Å². The van der Waals surface area contributed by atoms with Gasteiger partial charge in [-0.3, -0.25) is 9.59 Å². The Morgan fingerprint density at radius 1 is 1.50 bits per heavy atom. The Hall–Kier alpha value is -1.50. The number of alkyl halides is 2. The van der Waals surface area contributed by atoms with E-state index in [0.29, 0.717) is 10.8 Å². The largest absolute Gasteiger partial charge is 0.469 e. The van der Waals surface area contributed by atoms with E-state index in [1.165, 1.54) is 13.2 Å². The second-order valence-electron chi connectivity index (χ2n) is 3.23. The summed E-state index contributed by atoms with van der Waals surface area (Å²) in [6.45, 7) is -3.05. The molecule has 0 aromatic heterocycles. The molecular weight excluding hydrogens is 314 g/mol. The average molecular weight is 323 g/mol. The van der Waals surface area contributed by atoms with Crippen LogP contribution in [-0.2, 0) is 16.0 Å². The molecule has 0 saturated heterocycles. The Balaban J connectivity index is 3.19. The van der Waals surface area contributed by atoms with Crippen LogP contribution in [0.25, 0.3) is 0 Å². The molecule has 0 spiro atoms. The van der Waals surface area contributed by atoms with Gasteiger partial charge in [-0.05, 0) is 12.1 Å². The fourth-order valence-electron chi connectivity index (χ4n) is 1.29. The van der Waals surface area contributed by atoms with Gasteiger partial charge >= 0.3 is 12.6 Å². The molecule has 0 amide bonds. The predicted octanol–water partition coefficient (Wildman–Crippen LogP) is 2.58. The Bertz CT molecular complexity index is 463. The zero-order valence-electron chi connectivity index (χ0n) is 9.28. The quantitative estimate of drug-likeness (QED) is 0.617. The summed E-state index contributed by atoms with van der Waals surface area (Å²) in [6, 6.07) is 2.55. The maximum Gasteiger partial charge on any atom is 0.387 e. The number of benzene rings is 1. The number of halogens is 3. The van der Waals surface area contributed by atoms with Gasteiger partial charge in [0.25, 0.3) is 0 Å². The van der Waals surface area contributed by atoms with E-state index in [2.05, 4.69) is 25.4 Å². The monoisotopic (exact) mass is 322 g/mol. The third-order valence-electron chi connectivity index (χ3n) is 2.08. The zero-order chi connectivity index (χ0) is 13.7. The molecular formula is C11H9BrF2O4. The van der Waals surface area contributed by atoms with Crippen LogP contribution in [0.3, 0.4) is 0 Å². The topological polar surface area (TPSA) is 52.6 Å². The van der Waals surface area contributed by atoms with Crippen LogP contribution in [0.15, 0.2) is 16.6 Å². The van der Waals surface area contributed by atoms with Gasteiger partial charge in [-0.15, -0.1) is 0 Å². The highest BCUT2D eigenvalue weighted by molar-refractivity contribution is 9.10. The van der Waals surface area contributed by atoms with Crippen molar-refractivity contribution in [3.05, 3.63) is 27.7 Å². The minimum Gasteiger partial charge on any atom is -0.469 e. The lowest BCUT2D eigenvalue weighted by molar-refractivity contribution is -0.139. The summed E-state index contributed by atoms with van der Waals surface area (Å²) in [5.74, 6) is -0.833. The number of hydrogen-bond acceptors (Lipinski definition) is 4. The first-order valence-electron chi connectivity index (χ1n) is 4.77. The molecule has 18 heavy (non-hydrogen) atoms. The number of rotatable bonds is 5. The SMILES string of the molecule is COC(=O)Cc1c(Br)cc(C=O)cc1OC(F)F. The van der Waals surface area contributed by atoms with Crippen molar-refractivity contribution in [1.29, 1.82) is 0 Å². The molecule has 0 aliphatic heterocycles. The summed E-state index contributed by atoms with van der Waals surface area (Å²) in [5, 5.41) is 0. The summed E-state index contributed by atoms with van der Waals surface area (Å²) in [7, 11) is 1.18. The average Bonchev–Trinajstić information content (AvgIpc) is 2.32. The van der Waals surface area contributed by atoms with Crippen LogP contribution in [0, 0.1) is 0 Å². The number of aldehydes is 1. The van der Waals surface area contributed by atoms with Gasteiger partial charge in [-0.25, -0.2) is 0 Å². The first-order valence-corrected chi connectivity index (χ1v) is 5.56. The van der Waals surface area contributed by atoms with E-state index in [0.717, 1.165) is 6.07 Å². The van der Waals surface area contributed by atoms with Crippen molar-refractivity contribution in [2.75, 3.05) is 7.11 Å². The molecule has 0 radical (unpaired) electrons. The normalized spacial score (nSPS) is 10.3. The number of hydrogen-bond donors (Lipinski definition) is 0. The number of ether oxygens (including phenoxy) is 2. The van der Waals surface area contributed by atoms with Crippen LogP contribution in [0.4, 0.5) is 8.78 Å². The molecule has 7 heteroatoms. The molecule has 0 saturated carbocycles. The third-order valence-corrected chi connectivity index (χ3v) is 2.79. The maximum atomic E-state index is 12.2. The lowest BCUT2D eigenvalue weighted by Gasteiger charge is -2.12. The van der Waals surface area contributed by atoms with Crippen LogP contribution in [0.1, 0.15) is 15.9 Å². The van der Waals surface area contributed by atoms with Crippen molar-refractivity contribution < 1.29 is 27.8 Å². The molecule has 1 aromatic carbocycles. The molecule has 0 aliphatic carbocycles. The van der Waals surface area contributed by atoms with Crippen LogP contribution >= 0.6 is 15.9 Å². The van der Waals surface area contributed by atoms with Crippen molar-refractivity contribution in [3.8, 4) is 5.75 Å². The summed E-state index contributed by atoms with van der Waals surface area (Å²) < 4.78 is 33.6. The molecule has 98 valence electrons. The lowest BCUT2D eigenvalue weighted by atomic mass is 10.1. The van der Waals surface area contributed by atoms with E-state index in [1.807, 2.05) is 0 Å². The van der Waals surface area contributed by atoms with E-state index >= 15 is 0 Å². The van der Waals surface area contributed by atoms with E-state index in [-0.39, 0.29) is 23.3 Å². The Morgan fingerprint density at radius 2 is 2.17 bits per heavy atom. The maximum absolute atomic E-state index is 12.2. The summed E-state index contributed by atoms with van der Waals surface area (Å²) in [5.41, 5.74) is 0.360. The van der Waals surface area contributed by atoms with Gasteiger partial charge in [0.1, 0.15) is 12.0 Å². The molecule has 0 unspecified atom stereocenters. The van der Waals surface area contributed by atoms with Crippen molar-refractivity contribution in [2.45, 2.75) is 13.0 Å². The molecule has 0 N–H and O–H groups in total. The van der Waals surface area contributed by atoms with Gasteiger partial charge in [0, 0.05) is 15.6 Å². The second kappa shape index (κ2) is 6.44. The number of esters is 1.